The lowest BCUT2D eigenvalue weighted by Gasteiger charge is -2.21. The van der Waals surface area contributed by atoms with Crippen LogP contribution in [0, 0.1) is 0 Å². The summed E-state index contributed by atoms with van der Waals surface area (Å²) in [5, 5.41) is 0. The summed E-state index contributed by atoms with van der Waals surface area (Å²) in [5.41, 5.74) is 1.92. The molecule has 0 aliphatic carbocycles. The Balaban J connectivity index is 2.11. The van der Waals surface area contributed by atoms with Crippen LogP contribution in [0.4, 0.5) is 0 Å². The zero-order valence-corrected chi connectivity index (χ0v) is 9.65. The van der Waals surface area contributed by atoms with E-state index in [1.165, 1.54) is 0 Å². The standard InChI is InChI=1S/C12H14N2O2/c1-12(2,3)16-11(15)9-4-8-5-13-7-10(8)14-6-9/h5-7H,4H2,1-3H3. The smallest absolute Gasteiger partial charge is 0.336 e. The van der Waals surface area contributed by atoms with Crippen molar-refractivity contribution in [3.63, 3.8) is 0 Å². The van der Waals surface area contributed by atoms with Crippen LogP contribution in [0.3, 0.4) is 0 Å². The van der Waals surface area contributed by atoms with E-state index in [2.05, 4.69) is 9.98 Å². The van der Waals surface area contributed by atoms with Gasteiger partial charge in [-0.05, 0) is 20.8 Å². The fourth-order valence-electron chi connectivity index (χ4n) is 1.47. The Hall–Kier alpha value is -1.71. The number of esters is 1. The Morgan fingerprint density at radius 2 is 2.12 bits per heavy atom. The average molecular weight is 218 g/mol. The summed E-state index contributed by atoms with van der Waals surface area (Å²) < 4.78 is 5.28. The van der Waals surface area contributed by atoms with E-state index < -0.39 is 5.60 Å². The zero-order chi connectivity index (χ0) is 11.8. The molecule has 0 unspecified atom stereocenters. The molecule has 2 heterocycles. The first-order chi connectivity index (χ1) is 7.46. The molecular weight excluding hydrogens is 204 g/mol. The van der Waals surface area contributed by atoms with Gasteiger partial charge in [0.25, 0.3) is 0 Å². The molecule has 0 N–H and O–H groups in total. The molecule has 0 bridgehead atoms. The minimum atomic E-state index is -0.470. The lowest BCUT2D eigenvalue weighted by molar-refractivity contribution is -0.150. The Morgan fingerprint density at radius 1 is 1.38 bits per heavy atom. The molecule has 0 aromatic heterocycles. The summed E-state index contributed by atoms with van der Waals surface area (Å²) in [6, 6.07) is 0. The van der Waals surface area contributed by atoms with Gasteiger partial charge in [0, 0.05) is 24.4 Å². The molecule has 0 spiro atoms. The van der Waals surface area contributed by atoms with Gasteiger partial charge in [-0.1, -0.05) is 0 Å². The summed E-state index contributed by atoms with van der Waals surface area (Å²) >= 11 is 0. The first kappa shape index (κ1) is 10.8. The number of aliphatic imine (C=N–C) groups is 2. The van der Waals surface area contributed by atoms with Gasteiger partial charge >= 0.3 is 5.97 Å². The van der Waals surface area contributed by atoms with Crippen molar-refractivity contribution in [1.29, 1.82) is 0 Å². The molecular formula is C12H14N2O2. The summed E-state index contributed by atoms with van der Waals surface area (Å²) in [6.45, 7) is 5.54. The molecule has 0 radical (unpaired) electrons. The van der Waals surface area contributed by atoms with E-state index in [0.29, 0.717) is 12.0 Å². The number of nitrogens with zero attached hydrogens (tertiary/aromatic N) is 2. The van der Waals surface area contributed by atoms with Gasteiger partial charge < -0.3 is 4.74 Å². The molecule has 2 aliphatic rings. The van der Waals surface area contributed by atoms with Crippen LogP contribution in [0.5, 0.6) is 0 Å². The number of allylic oxidation sites excluding steroid dienone is 1. The summed E-state index contributed by atoms with van der Waals surface area (Å²) in [5.74, 6) is -0.303. The maximum atomic E-state index is 11.8. The van der Waals surface area contributed by atoms with Crippen molar-refractivity contribution >= 4 is 17.9 Å². The fourth-order valence-corrected chi connectivity index (χ4v) is 1.47. The van der Waals surface area contributed by atoms with Crippen molar-refractivity contribution in [2.45, 2.75) is 32.8 Å². The minimum Gasteiger partial charge on any atom is -0.457 e. The van der Waals surface area contributed by atoms with Crippen LogP contribution in [-0.4, -0.2) is 23.5 Å². The van der Waals surface area contributed by atoms with Gasteiger partial charge in [0.1, 0.15) is 5.60 Å². The van der Waals surface area contributed by atoms with Crippen LogP contribution in [0.25, 0.3) is 0 Å². The van der Waals surface area contributed by atoms with Crippen LogP contribution in [-0.2, 0) is 9.53 Å². The molecule has 4 heteroatoms. The van der Waals surface area contributed by atoms with Crippen LogP contribution in [0.2, 0.25) is 0 Å². The molecule has 0 aromatic carbocycles. The Kier molecular flexibility index (Phi) is 2.50. The zero-order valence-electron chi connectivity index (χ0n) is 9.65. The molecule has 4 nitrogen and oxygen atoms in total. The second kappa shape index (κ2) is 3.70. The second-order valence-electron chi connectivity index (χ2n) is 4.78. The van der Waals surface area contributed by atoms with Gasteiger partial charge in [-0.25, -0.2) is 4.79 Å². The van der Waals surface area contributed by atoms with Gasteiger partial charge in [-0.3, -0.25) is 9.98 Å². The van der Waals surface area contributed by atoms with E-state index in [1.807, 2.05) is 20.8 Å². The lowest BCUT2D eigenvalue weighted by Crippen LogP contribution is -2.25. The predicted molar refractivity (Wildman–Crippen MR) is 62.6 cm³/mol. The van der Waals surface area contributed by atoms with Gasteiger partial charge in [0.05, 0.1) is 17.5 Å². The topological polar surface area (TPSA) is 51.0 Å². The number of carbonyl (C=O) groups excluding carboxylic acids is 1. The third-order valence-corrected chi connectivity index (χ3v) is 2.16. The first-order valence-electron chi connectivity index (χ1n) is 5.18. The third kappa shape index (κ3) is 2.27. The summed E-state index contributed by atoms with van der Waals surface area (Å²) in [6.07, 6.45) is 5.54. The molecule has 0 aromatic rings. The van der Waals surface area contributed by atoms with E-state index in [-0.39, 0.29) is 5.97 Å². The Labute approximate surface area is 94.4 Å². The van der Waals surface area contributed by atoms with Crippen LogP contribution in [0.15, 0.2) is 33.5 Å². The summed E-state index contributed by atoms with van der Waals surface area (Å²) in [7, 11) is 0. The van der Waals surface area contributed by atoms with Crippen molar-refractivity contribution in [2.75, 3.05) is 0 Å². The predicted octanol–water partition coefficient (Wildman–Crippen LogP) is 2.02. The van der Waals surface area contributed by atoms with Gasteiger partial charge in [-0.2, -0.15) is 0 Å². The average Bonchev–Trinajstić information content (AvgIpc) is 2.61. The Bertz CT molecular complexity index is 448. The molecule has 84 valence electrons. The van der Waals surface area contributed by atoms with Gasteiger partial charge in [-0.15, -0.1) is 0 Å². The normalized spacial score (nSPS) is 18.6. The number of fused-ring (bicyclic) bond motifs is 1. The van der Waals surface area contributed by atoms with Crippen molar-refractivity contribution in [1.82, 2.24) is 0 Å². The SMILES string of the molecule is CC(C)(C)OC(=O)C1=CN=C2C=NC=C2C1. The molecule has 0 atom stereocenters. The highest BCUT2D eigenvalue weighted by Crippen LogP contribution is 2.23. The molecule has 2 aliphatic heterocycles. The van der Waals surface area contributed by atoms with Gasteiger partial charge in [0.2, 0.25) is 0 Å². The highest BCUT2D eigenvalue weighted by Gasteiger charge is 2.24. The highest BCUT2D eigenvalue weighted by molar-refractivity contribution is 6.40. The van der Waals surface area contributed by atoms with Crippen LogP contribution < -0.4 is 0 Å². The second-order valence-corrected chi connectivity index (χ2v) is 4.78. The van der Waals surface area contributed by atoms with Crippen molar-refractivity contribution in [3.05, 3.63) is 23.5 Å². The highest BCUT2D eigenvalue weighted by atomic mass is 16.6. The van der Waals surface area contributed by atoms with E-state index >= 15 is 0 Å². The number of ether oxygens (including phenoxy) is 1. The van der Waals surface area contributed by atoms with E-state index in [0.717, 1.165) is 11.3 Å². The molecule has 2 rings (SSSR count). The maximum absolute atomic E-state index is 11.8. The molecule has 16 heavy (non-hydrogen) atoms. The van der Waals surface area contributed by atoms with Gasteiger partial charge in [0.15, 0.2) is 0 Å². The van der Waals surface area contributed by atoms with E-state index in [9.17, 15) is 4.79 Å². The minimum absolute atomic E-state index is 0.303. The largest absolute Gasteiger partial charge is 0.457 e. The molecule has 0 amide bonds. The number of rotatable bonds is 1. The number of hydrogen-bond acceptors (Lipinski definition) is 4. The van der Waals surface area contributed by atoms with Crippen molar-refractivity contribution in [3.8, 4) is 0 Å². The molecule has 0 fully saturated rings. The van der Waals surface area contributed by atoms with Crippen molar-refractivity contribution in [2.24, 2.45) is 9.98 Å². The van der Waals surface area contributed by atoms with E-state index in [1.54, 1.807) is 18.6 Å². The maximum Gasteiger partial charge on any atom is 0.336 e. The van der Waals surface area contributed by atoms with E-state index in [4.69, 9.17) is 4.74 Å². The monoisotopic (exact) mass is 218 g/mol. The van der Waals surface area contributed by atoms with Crippen LogP contribution >= 0.6 is 0 Å². The van der Waals surface area contributed by atoms with Crippen LogP contribution in [0.1, 0.15) is 27.2 Å². The Morgan fingerprint density at radius 3 is 2.81 bits per heavy atom. The quantitative estimate of drug-likeness (QED) is 0.632. The fraction of sp³-hybridized carbons (Fsp3) is 0.417. The lowest BCUT2D eigenvalue weighted by atomic mass is 10.0. The molecule has 0 saturated heterocycles. The molecule has 0 saturated carbocycles. The first-order valence-corrected chi connectivity index (χ1v) is 5.18. The number of carbonyl (C=O) groups is 1. The summed E-state index contributed by atoms with van der Waals surface area (Å²) in [4.78, 5) is 19.9. The number of hydrogen-bond donors (Lipinski definition) is 0. The third-order valence-electron chi connectivity index (χ3n) is 2.16. The van der Waals surface area contributed by atoms with Crippen molar-refractivity contribution < 1.29 is 9.53 Å².